The quantitative estimate of drug-likeness (QED) is 0.665. The molecule has 0 saturated heterocycles. The van der Waals surface area contributed by atoms with E-state index in [1.807, 2.05) is 30.3 Å². The normalized spacial score (nSPS) is 12.7. The van der Waals surface area contributed by atoms with Gasteiger partial charge in [0.05, 0.1) is 6.42 Å². The number of esters is 1. The molecule has 0 radical (unpaired) electrons. The van der Waals surface area contributed by atoms with Gasteiger partial charge in [-0.05, 0) is 65.6 Å². The van der Waals surface area contributed by atoms with Crippen molar-refractivity contribution in [1.29, 1.82) is 0 Å². The number of ether oxygens (including phenoxy) is 1. The van der Waals surface area contributed by atoms with Gasteiger partial charge in [0.25, 0.3) is 11.8 Å². The number of benzene rings is 2. The molecule has 2 N–H and O–H groups in total. The van der Waals surface area contributed by atoms with Crippen molar-refractivity contribution in [2.45, 2.75) is 51.9 Å². The predicted molar refractivity (Wildman–Crippen MR) is 120 cm³/mol. The maximum absolute atomic E-state index is 12.2. The Balaban J connectivity index is 1.36. The van der Waals surface area contributed by atoms with Crippen LogP contribution in [0.5, 0.6) is 0 Å². The molecule has 0 saturated carbocycles. The molecule has 0 aromatic heterocycles. The Hall–Kier alpha value is -3.15. The molecule has 0 aliphatic heterocycles. The van der Waals surface area contributed by atoms with Crippen LogP contribution >= 0.6 is 0 Å². The summed E-state index contributed by atoms with van der Waals surface area (Å²) in [6.45, 7) is 6.13. The molecule has 0 bridgehead atoms. The van der Waals surface area contributed by atoms with Crippen molar-refractivity contribution in [1.82, 2.24) is 5.32 Å². The lowest BCUT2D eigenvalue weighted by Gasteiger charge is -2.19. The average Bonchev–Trinajstić information content (AvgIpc) is 3.19. The Kier molecular flexibility index (Phi) is 7.10. The Morgan fingerprint density at radius 1 is 0.968 bits per heavy atom. The van der Waals surface area contributed by atoms with Gasteiger partial charge in [0.2, 0.25) is 0 Å². The number of nitrogens with one attached hydrogen (secondary N) is 2. The fourth-order valence-electron chi connectivity index (χ4n) is 3.57. The first kappa shape index (κ1) is 22.5. The lowest BCUT2D eigenvalue weighted by molar-refractivity contribution is -0.147. The summed E-state index contributed by atoms with van der Waals surface area (Å²) < 4.78 is 5.01. The van der Waals surface area contributed by atoms with Crippen molar-refractivity contribution >= 4 is 23.5 Å². The summed E-state index contributed by atoms with van der Waals surface area (Å²) >= 11 is 0. The zero-order valence-corrected chi connectivity index (χ0v) is 18.4. The molecule has 1 aliphatic rings. The van der Waals surface area contributed by atoms with E-state index in [2.05, 4.69) is 31.4 Å². The summed E-state index contributed by atoms with van der Waals surface area (Å²) in [5, 5.41) is 5.45. The van der Waals surface area contributed by atoms with E-state index in [4.69, 9.17) is 4.74 Å². The highest BCUT2D eigenvalue weighted by atomic mass is 16.5. The largest absolute Gasteiger partial charge is 0.456 e. The Morgan fingerprint density at radius 2 is 1.68 bits per heavy atom. The summed E-state index contributed by atoms with van der Waals surface area (Å²) in [6, 6.07) is 13.3. The van der Waals surface area contributed by atoms with Gasteiger partial charge in [-0.3, -0.25) is 14.4 Å². The van der Waals surface area contributed by atoms with Crippen LogP contribution in [0.15, 0.2) is 42.5 Å². The van der Waals surface area contributed by atoms with Crippen LogP contribution in [0, 0.1) is 0 Å². The van der Waals surface area contributed by atoms with Gasteiger partial charge in [0, 0.05) is 17.8 Å². The van der Waals surface area contributed by atoms with Crippen molar-refractivity contribution in [3.05, 3.63) is 64.7 Å². The number of hydrogen-bond acceptors (Lipinski definition) is 4. The summed E-state index contributed by atoms with van der Waals surface area (Å²) in [6.07, 6.45) is 3.25. The summed E-state index contributed by atoms with van der Waals surface area (Å²) in [5.74, 6) is -1.16. The van der Waals surface area contributed by atoms with Crippen molar-refractivity contribution in [2.24, 2.45) is 0 Å². The Bertz CT molecular complexity index is 958. The standard InChI is InChI=1S/C25H30N2O4/c1-25(2,3)20-10-7-18(8-11-20)24(30)26-14-13-23(29)31-16-22(28)27-21-12-9-17-5-4-6-19(17)15-21/h7-12,15H,4-6,13-14,16H2,1-3H3,(H,26,30)(H,27,28). The van der Waals surface area contributed by atoms with Crippen LogP contribution < -0.4 is 10.6 Å². The molecule has 0 heterocycles. The van der Waals surface area contributed by atoms with E-state index in [1.165, 1.54) is 11.1 Å². The maximum atomic E-state index is 12.2. The minimum atomic E-state index is -0.535. The molecule has 0 spiro atoms. The maximum Gasteiger partial charge on any atom is 0.308 e. The van der Waals surface area contributed by atoms with Gasteiger partial charge >= 0.3 is 5.97 Å². The second-order valence-corrected chi connectivity index (χ2v) is 8.88. The number of amides is 2. The van der Waals surface area contributed by atoms with Gasteiger partial charge < -0.3 is 15.4 Å². The number of anilines is 1. The monoisotopic (exact) mass is 422 g/mol. The molecule has 2 aromatic carbocycles. The fourth-order valence-corrected chi connectivity index (χ4v) is 3.57. The van der Waals surface area contributed by atoms with Crippen molar-refractivity contribution < 1.29 is 19.1 Å². The average molecular weight is 423 g/mol. The summed E-state index contributed by atoms with van der Waals surface area (Å²) in [4.78, 5) is 36.1. The van der Waals surface area contributed by atoms with Gasteiger partial charge in [-0.1, -0.05) is 39.0 Å². The number of rotatable bonds is 7. The first-order valence-electron chi connectivity index (χ1n) is 10.7. The van der Waals surface area contributed by atoms with E-state index in [9.17, 15) is 14.4 Å². The Morgan fingerprint density at radius 3 is 2.39 bits per heavy atom. The molecule has 6 heteroatoms. The Labute approximate surface area is 183 Å². The third-order valence-electron chi connectivity index (χ3n) is 5.37. The number of fused-ring (bicyclic) bond motifs is 1. The number of carbonyl (C=O) groups excluding carboxylic acids is 3. The highest BCUT2D eigenvalue weighted by molar-refractivity contribution is 5.94. The van der Waals surface area contributed by atoms with Crippen LogP contribution in [0.25, 0.3) is 0 Å². The number of aryl methyl sites for hydroxylation is 2. The SMILES string of the molecule is CC(C)(C)c1ccc(C(=O)NCCC(=O)OCC(=O)Nc2ccc3c(c2)CCC3)cc1. The highest BCUT2D eigenvalue weighted by Crippen LogP contribution is 2.25. The van der Waals surface area contributed by atoms with Crippen LogP contribution in [0.4, 0.5) is 5.69 Å². The molecule has 2 aromatic rings. The van der Waals surface area contributed by atoms with E-state index >= 15 is 0 Å². The molecule has 0 atom stereocenters. The number of hydrogen-bond donors (Lipinski definition) is 2. The molecule has 31 heavy (non-hydrogen) atoms. The van der Waals surface area contributed by atoms with Crippen LogP contribution in [0.1, 0.15) is 60.7 Å². The molecule has 0 unspecified atom stereocenters. The fraction of sp³-hybridized carbons (Fsp3) is 0.400. The predicted octanol–water partition coefficient (Wildman–Crippen LogP) is 3.77. The van der Waals surface area contributed by atoms with Crippen LogP contribution in [0.3, 0.4) is 0 Å². The number of carbonyl (C=O) groups is 3. The molecule has 6 nitrogen and oxygen atoms in total. The summed E-state index contributed by atoms with van der Waals surface area (Å²) in [7, 11) is 0. The smallest absolute Gasteiger partial charge is 0.308 e. The molecule has 1 aliphatic carbocycles. The van der Waals surface area contributed by atoms with E-state index in [0.717, 1.165) is 24.8 Å². The van der Waals surface area contributed by atoms with Gasteiger partial charge in [0.1, 0.15) is 0 Å². The van der Waals surface area contributed by atoms with Gasteiger partial charge in [-0.2, -0.15) is 0 Å². The van der Waals surface area contributed by atoms with Crippen LogP contribution in [-0.2, 0) is 32.6 Å². The summed E-state index contributed by atoms with van der Waals surface area (Å²) in [5.41, 5.74) is 5.01. The minimum Gasteiger partial charge on any atom is -0.456 e. The lowest BCUT2D eigenvalue weighted by Crippen LogP contribution is -2.27. The third-order valence-corrected chi connectivity index (χ3v) is 5.37. The molecule has 164 valence electrons. The minimum absolute atomic E-state index is 0.00204. The van der Waals surface area contributed by atoms with Crippen LogP contribution in [0.2, 0.25) is 0 Å². The zero-order valence-electron chi connectivity index (χ0n) is 18.4. The first-order chi connectivity index (χ1) is 14.7. The second-order valence-electron chi connectivity index (χ2n) is 8.88. The van der Waals surface area contributed by atoms with E-state index in [1.54, 1.807) is 12.1 Å². The van der Waals surface area contributed by atoms with E-state index < -0.39 is 5.97 Å². The van der Waals surface area contributed by atoms with Crippen molar-refractivity contribution in [2.75, 3.05) is 18.5 Å². The molecule has 2 amide bonds. The van der Waals surface area contributed by atoms with Gasteiger partial charge in [0.15, 0.2) is 6.61 Å². The van der Waals surface area contributed by atoms with Crippen molar-refractivity contribution in [3.8, 4) is 0 Å². The topological polar surface area (TPSA) is 84.5 Å². The van der Waals surface area contributed by atoms with E-state index in [-0.39, 0.29) is 36.8 Å². The van der Waals surface area contributed by atoms with Crippen LogP contribution in [-0.4, -0.2) is 30.9 Å². The highest BCUT2D eigenvalue weighted by Gasteiger charge is 2.15. The molecular formula is C25H30N2O4. The zero-order chi connectivity index (χ0) is 22.4. The molecular weight excluding hydrogens is 392 g/mol. The van der Waals surface area contributed by atoms with Gasteiger partial charge in [-0.15, -0.1) is 0 Å². The van der Waals surface area contributed by atoms with Gasteiger partial charge in [-0.25, -0.2) is 0 Å². The second kappa shape index (κ2) is 9.77. The lowest BCUT2D eigenvalue weighted by atomic mass is 9.87. The molecule has 3 rings (SSSR count). The molecule has 0 fully saturated rings. The third kappa shape index (κ3) is 6.41. The van der Waals surface area contributed by atoms with Crippen molar-refractivity contribution in [3.63, 3.8) is 0 Å². The first-order valence-corrected chi connectivity index (χ1v) is 10.7. The van der Waals surface area contributed by atoms with E-state index in [0.29, 0.717) is 11.3 Å².